The molecule has 0 aliphatic carbocycles. The van der Waals surface area contributed by atoms with Gasteiger partial charge in [0.05, 0.1) is 17.0 Å². The van der Waals surface area contributed by atoms with E-state index in [4.69, 9.17) is 11.6 Å². The highest BCUT2D eigenvalue weighted by molar-refractivity contribution is 6.32. The Morgan fingerprint density at radius 3 is 2.79 bits per heavy atom. The topological polar surface area (TPSA) is 67.2 Å². The third-order valence-corrected chi connectivity index (χ3v) is 3.93. The molecule has 0 aliphatic rings. The zero-order valence-electron chi connectivity index (χ0n) is 12.8. The van der Waals surface area contributed by atoms with Crippen LogP contribution in [0.5, 0.6) is 5.75 Å². The Labute approximate surface area is 144 Å². The lowest BCUT2D eigenvalue weighted by Crippen LogP contribution is -2.12. The van der Waals surface area contributed by atoms with Gasteiger partial charge in [-0.3, -0.25) is 4.79 Å². The van der Waals surface area contributed by atoms with E-state index < -0.39 is 0 Å². The van der Waals surface area contributed by atoms with Gasteiger partial charge in [0.15, 0.2) is 0 Å². The third-order valence-electron chi connectivity index (χ3n) is 3.63. The van der Waals surface area contributed by atoms with Gasteiger partial charge in [0.2, 0.25) is 5.91 Å². The summed E-state index contributed by atoms with van der Waals surface area (Å²) in [5.74, 6) is 0.0720. The van der Waals surface area contributed by atoms with Crippen molar-refractivity contribution in [2.45, 2.75) is 12.8 Å². The van der Waals surface area contributed by atoms with Gasteiger partial charge in [-0.1, -0.05) is 29.8 Å². The van der Waals surface area contributed by atoms with Crippen LogP contribution in [0, 0.1) is 0 Å². The number of phenolic OH excluding ortho intramolecular Hbond substituents is 1. The van der Waals surface area contributed by atoms with Crippen molar-refractivity contribution in [3.63, 3.8) is 0 Å². The van der Waals surface area contributed by atoms with Crippen molar-refractivity contribution < 1.29 is 9.90 Å². The Morgan fingerprint density at radius 1 is 1.25 bits per heavy atom. The van der Waals surface area contributed by atoms with E-state index in [9.17, 15) is 9.90 Å². The molecule has 3 rings (SSSR count). The zero-order chi connectivity index (χ0) is 16.9. The predicted octanol–water partition coefficient (Wildman–Crippen LogP) is 3.80. The smallest absolute Gasteiger partial charge is 0.224 e. The number of benzene rings is 2. The number of nitrogens with one attached hydrogen (secondary N) is 1. The molecule has 0 radical (unpaired) electrons. The Kier molecular flexibility index (Phi) is 4.82. The van der Waals surface area contributed by atoms with Crippen LogP contribution in [0.15, 0.2) is 61.2 Å². The van der Waals surface area contributed by atoms with Crippen LogP contribution < -0.4 is 5.32 Å². The van der Waals surface area contributed by atoms with Crippen molar-refractivity contribution in [1.82, 2.24) is 9.55 Å². The van der Waals surface area contributed by atoms with Gasteiger partial charge in [0.25, 0.3) is 0 Å². The van der Waals surface area contributed by atoms with Crippen molar-refractivity contribution in [3.8, 4) is 11.4 Å². The second-order valence-electron chi connectivity index (χ2n) is 5.31. The number of aromatic nitrogens is 2. The molecule has 24 heavy (non-hydrogen) atoms. The average molecular weight is 342 g/mol. The lowest BCUT2D eigenvalue weighted by Gasteiger charge is -2.09. The molecule has 5 nitrogen and oxygen atoms in total. The van der Waals surface area contributed by atoms with Crippen LogP contribution in [0.25, 0.3) is 5.69 Å². The van der Waals surface area contributed by atoms with Gasteiger partial charge in [0.1, 0.15) is 5.75 Å². The van der Waals surface area contributed by atoms with E-state index in [2.05, 4.69) is 10.3 Å². The molecule has 1 aromatic heterocycles. The van der Waals surface area contributed by atoms with Gasteiger partial charge >= 0.3 is 0 Å². The Hall–Kier alpha value is -2.79. The molecule has 0 bridgehead atoms. The minimum atomic E-state index is -0.135. The fourth-order valence-corrected chi connectivity index (χ4v) is 2.67. The first-order chi connectivity index (χ1) is 11.6. The minimum absolute atomic E-state index is 0.135. The summed E-state index contributed by atoms with van der Waals surface area (Å²) in [6, 6.07) is 12.3. The number of rotatable bonds is 5. The monoisotopic (exact) mass is 341 g/mol. The Balaban J connectivity index is 1.62. The molecule has 3 aromatic rings. The maximum absolute atomic E-state index is 12.1. The molecule has 0 fully saturated rings. The van der Waals surface area contributed by atoms with Gasteiger partial charge in [-0.2, -0.15) is 0 Å². The van der Waals surface area contributed by atoms with E-state index in [1.165, 1.54) is 0 Å². The summed E-state index contributed by atoms with van der Waals surface area (Å²) in [7, 11) is 0. The van der Waals surface area contributed by atoms with Crippen LogP contribution >= 0.6 is 11.6 Å². The van der Waals surface area contributed by atoms with Crippen molar-refractivity contribution in [2.24, 2.45) is 0 Å². The fraction of sp³-hybridized carbons (Fsp3) is 0.111. The van der Waals surface area contributed by atoms with Crippen LogP contribution in [0.3, 0.4) is 0 Å². The molecule has 0 aliphatic heterocycles. The molecule has 0 saturated heterocycles. The molecule has 2 N–H and O–H groups in total. The van der Waals surface area contributed by atoms with E-state index in [1.807, 2.05) is 12.1 Å². The maximum Gasteiger partial charge on any atom is 0.224 e. The average Bonchev–Trinajstić information content (AvgIpc) is 3.08. The highest BCUT2D eigenvalue weighted by atomic mass is 35.5. The lowest BCUT2D eigenvalue weighted by molar-refractivity contribution is -0.116. The van der Waals surface area contributed by atoms with Crippen LogP contribution in [0.2, 0.25) is 5.02 Å². The van der Waals surface area contributed by atoms with E-state index >= 15 is 0 Å². The number of aryl methyl sites for hydroxylation is 1. The molecular weight excluding hydrogens is 326 g/mol. The van der Waals surface area contributed by atoms with E-state index in [-0.39, 0.29) is 18.1 Å². The van der Waals surface area contributed by atoms with E-state index in [1.54, 1.807) is 53.6 Å². The van der Waals surface area contributed by atoms with Crippen LogP contribution in [-0.4, -0.2) is 20.6 Å². The summed E-state index contributed by atoms with van der Waals surface area (Å²) < 4.78 is 1.80. The van der Waals surface area contributed by atoms with Crippen LogP contribution in [0.1, 0.15) is 12.0 Å². The molecule has 0 spiro atoms. The van der Waals surface area contributed by atoms with Crippen molar-refractivity contribution in [1.29, 1.82) is 0 Å². The Bertz CT molecular complexity index is 847. The number of carbonyl (C=O) groups is 1. The largest absolute Gasteiger partial charge is 0.508 e. The van der Waals surface area contributed by atoms with Gasteiger partial charge < -0.3 is 15.0 Å². The standard InChI is InChI=1S/C18H16ClN3O2/c19-15-11-14(6-7-16(15)22-10-9-20-12-22)21-18(24)8-5-13-3-1-2-4-17(13)23/h1-4,6-7,9-12,23H,5,8H2,(H,21,24). The number of halogens is 1. The molecule has 0 unspecified atom stereocenters. The normalized spacial score (nSPS) is 10.5. The number of aromatic hydroxyl groups is 1. The van der Waals surface area contributed by atoms with Crippen molar-refractivity contribution >= 4 is 23.2 Å². The highest BCUT2D eigenvalue weighted by Gasteiger charge is 2.08. The summed E-state index contributed by atoms with van der Waals surface area (Å²) in [6.07, 6.45) is 5.88. The molecule has 1 amide bonds. The molecule has 0 atom stereocenters. The van der Waals surface area contributed by atoms with Crippen molar-refractivity contribution in [2.75, 3.05) is 5.32 Å². The molecule has 6 heteroatoms. The number of carbonyl (C=O) groups excluding carboxylic acids is 1. The zero-order valence-corrected chi connectivity index (χ0v) is 13.6. The summed E-state index contributed by atoms with van der Waals surface area (Å²) in [6.45, 7) is 0. The number of anilines is 1. The van der Waals surface area contributed by atoms with E-state index in [0.717, 1.165) is 11.3 Å². The van der Waals surface area contributed by atoms with Gasteiger partial charge in [0, 0.05) is 24.5 Å². The molecular formula is C18H16ClN3O2. The first-order valence-electron chi connectivity index (χ1n) is 7.48. The number of hydrogen-bond donors (Lipinski definition) is 2. The molecule has 2 aromatic carbocycles. The molecule has 0 saturated carbocycles. The first kappa shape index (κ1) is 16.1. The van der Waals surface area contributed by atoms with Crippen LogP contribution in [0.4, 0.5) is 5.69 Å². The molecule has 122 valence electrons. The number of phenols is 1. The second kappa shape index (κ2) is 7.19. The number of imidazole rings is 1. The molecule has 1 heterocycles. The van der Waals surface area contributed by atoms with Gasteiger partial charge in [-0.15, -0.1) is 0 Å². The number of nitrogens with zero attached hydrogens (tertiary/aromatic N) is 2. The minimum Gasteiger partial charge on any atom is -0.508 e. The van der Waals surface area contributed by atoms with Crippen LogP contribution in [-0.2, 0) is 11.2 Å². The van der Waals surface area contributed by atoms with E-state index in [0.29, 0.717) is 17.1 Å². The first-order valence-corrected chi connectivity index (χ1v) is 7.86. The van der Waals surface area contributed by atoms with Gasteiger partial charge in [-0.25, -0.2) is 4.98 Å². The number of hydrogen-bond acceptors (Lipinski definition) is 3. The third kappa shape index (κ3) is 3.75. The summed E-state index contributed by atoms with van der Waals surface area (Å²) in [5.41, 5.74) is 2.17. The fourth-order valence-electron chi connectivity index (χ4n) is 2.39. The summed E-state index contributed by atoms with van der Waals surface area (Å²) >= 11 is 6.27. The quantitative estimate of drug-likeness (QED) is 0.741. The Morgan fingerprint density at radius 2 is 2.08 bits per heavy atom. The highest BCUT2D eigenvalue weighted by Crippen LogP contribution is 2.24. The number of amides is 1. The maximum atomic E-state index is 12.1. The summed E-state index contributed by atoms with van der Waals surface area (Å²) in [5, 5.41) is 13.0. The second-order valence-corrected chi connectivity index (χ2v) is 5.72. The SMILES string of the molecule is O=C(CCc1ccccc1O)Nc1ccc(-n2ccnc2)c(Cl)c1. The predicted molar refractivity (Wildman–Crippen MR) is 93.6 cm³/mol. The van der Waals surface area contributed by atoms with Crippen molar-refractivity contribution in [3.05, 3.63) is 71.8 Å². The lowest BCUT2D eigenvalue weighted by atomic mass is 10.1. The number of para-hydroxylation sites is 1. The van der Waals surface area contributed by atoms with Gasteiger partial charge in [-0.05, 0) is 36.2 Å². The summed E-state index contributed by atoms with van der Waals surface area (Å²) in [4.78, 5) is 16.1.